The first kappa shape index (κ1) is 11.9. The van der Waals surface area contributed by atoms with Crippen LogP contribution in [0.15, 0.2) is 0 Å². The van der Waals surface area contributed by atoms with Crippen LogP contribution < -0.4 is 0 Å². The molecular formula is C12H21NO3. The smallest absolute Gasteiger partial charge is 0.317 e. The molecule has 2 rings (SSSR count). The van der Waals surface area contributed by atoms with Crippen LogP contribution in [0.2, 0.25) is 0 Å². The minimum atomic E-state index is -0.715. The summed E-state index contributed by atoms with van der Waals surface area (Å²) < 4.78 is 5.55. The molecule has 1 aliphatic heterocycles. The molecule has 0 aromatic carbocycles. The van der Waals surface area contributed by atoms with E-state index in [1.54, 1.807) is 0 Å². The Morgan fingerprint density at radius 1 is 1.38 bits per heavy atom. The number of carboxylic acids is 1. The van der Waals surface area contributed by atoms with Crippen molar-refractivity contribution >= 4 is 5.97 Å². The summed E-state index contributed by atoms with van der Waals surface area (Å²) in [5, 5.41) is 8.84. The molecule has 0 bridgehead atoms. The Bertz CT molecular complexity index is 234. The van der Waals surface area contributed by atoms with Crippen molar-refractivity contribution in [2.75, 3.05) is 26.2 Å². The predicted molar refractivity (Wildman–Crippen MR) is 60.4 cm³/mol. The molecule has 2 fully saturated rings. The summed E-state index contributed by atoms with van der Waals surface area (Å²) in [6.45, 7) is 2.89. The van der Waals surface area contributed by atoms with Crippen LogP contribution in [0.4, 0.5) is 0 Å². The average molecular weight is 227 g/mol. The fraction of sp³-hybridized carbons (Fsp3) is 0.917. The summed E-state index contributed by atoms with van der Waals surface area (Å²) in [5.74, 6) is 0.0387. The van der Waals surface area contributed by atoms with Crippen LogP contribution in [-0.4, -0.2) is 48.3 Å². The van der Waals surface area contributed by atoms with E-state index in [0.717, 1.165) is 44.9 Å². The van der Waals surface area contributed by atoms with Gasteiger partial charge in [-0.2, -0.15) is 0 Å². The lowest BCUT2D eigenvalue weighted by Crippen LogP contribution is -2.34. The number of hydrogen-bond acceptors (Lipinski definition) is 3. The first-order chi connectivity index (χ1) is 7.74. The maximum Gasteiger partial charge on any atom is 0.317 e. The molecule has 1 saturated heterocycles. The molecule has 0 aromatic heterocycles. The third-order valence-corrected chi connectivity index (χ3v) is 3.36. The molecule has 1 N–H and O–H groups in total. The van der Waals surface area contributed by atoms with Gasteiger partial charge in [0.05, 0.1) is 12.6 Å². The summed E-state index contributed by atoms with van der Waals surface area (Å²) in [6, 6.07) is 0. The topological polar surface area (TPSA) is 49.8 Å². The maximum atomic E-state index is 10.7. The molecule has 16 heavy (non-hydrogen) atoms. The highest BCUT2D eigenvalue weighted by Gasteiger charge is 2.26. The molecule has 1 aliphatic carbocycles. The normalized spacial score (nSPS) is 25.2. The van der Waals surface area contributed by atoms with Gasteiger partial charge >= 0.3 is 5.97 Å². The Morgan fingerprint density at radius 3 is 2.75 bits per heavy atom. The second-order valence-corrected chi connectivity index (χ2v) is 5.00. The van der Waals surface area contributed by atoms with Crippen molar-refractivity contribution in [3.05, 3.63) is 0 Å². The summed E-state index contributed by atoms with van der Waals surface area (Å²) in [4.78, 5) is 12.8. The molecule has 1 atom stereocenters. The van der Waals surface area contributed by atoms with Gasteiger partial charge in [0.2, 0.25) is 0 Å². The molecule has 4 heteroatoms. The highest BCUT2D eigenvalue weighted by molar-refractivity contribution is 5.69. The third kappa shape index (κ3) is 4.10. The molecule has 2 aliphatic rings. The predicted octanol–water partition coefficient (Wildman–Crippen LogP) is 1.35. The van der Waals surface area contributed by atoms with E-state index in [4.69, 9.17) is 9.84 Å². The van der Waals surface area contributed by atoms with Crippen LogP contribution in [0.3, 0.4) is 0 Å². The van der Waals surface area contributed by atoms with Gasteiger partial charge in [-0.3, -0.25) is 9.69 Å². The highest BCUT2D eigenvalue weighted by Crippen LogP contribution is 2.29. The molecule has 0 radical (unpaired) electrons. The zero-order valence-electron chi connectivity index (χ0n) is 9.73. The maximum absolute atomic E-state index is 10.7. The number of carboxylic acid groups (broad SMARTS) is 1. The molecule has 0 amide bonds. The van der Waals surface area contributed by atoms with Gasteiger partial charge in [0.1, 0.15) is 0 Å². The molecule has 1 saturated carbocycles. The second kappa shape index (κ2) is 5.64. The molecule has 4 nitrogen and oxygen atoms in total. The van der Waals surface area contributed by atoms with Crippen molar-refractivity contribution in [1.82, 2.24) is 4.90 Å². The van der Waals surface area contributed by atoms with E-state index in [1.165, 1.54) is 12.8 Å². The SMILES string of the molecule is O=C(O)CN(CCC1CCCO1)CC1CC1. The Morgan fingerprint density at radius 2 is 2.19 bits per heavy atom. The number of carbonyl (C=O) groups is 1. The van der Waals surface area contributed by atoms with Crippen LogP contribution in [0, 0.1) is 5.92 Å². The van der Waals surface area contributed by atoms with E-state index in [1.807, 2.05) is 0 Å². The van der Waals surface area contributed by atoms with Gasteiger partial charge in [0.15, 0.2) is 0 Å². The standard InChI is InChI=1S/C12H21NO3/c14-12(15)9-13(8-10-3-4-10)6-5-11-2-1-7-16-11/h10-11H,1-9H2,(H,14,15). The quantitative estimate of drug-likeness (QED) is 0.713. The van der Waals surface area contributed by atoms with Crippen LogP contribution >= 0.6 is 0 Å². The average Bonchev–Trinajstić information content (AvgIpc) is 2.89. The van der Waals surface area contributed by atoms with E-state index in [9.17, 15) is 4.79 Å². The molecule has 1 unspecified atom stereocenters. The third-order valence-electron chi connectivity index (χ3n) is 3.36. The second-order valence-electron chi connectivity index (χ2n) is 5.00. The summed E-state index contributed by atoms with van der Waals surface area (Å²) in [5.41, 5.74) is 0. The Balaban J connectivity index is 1.69. The van der Waals surface area contributed by atoms with Crippen LogP contribution in [0.25, 0.3) is 0 Å². The number of rotatable bonds is 7. The van der Waals surface area contributed by atoms with Crippen LogP contribution in [-0.2, 0) is 9.53 Å². The number of ether oxygens (including phenoxy) is 1. The van der Waals surface area contributed by atoms with Crippen molar-refractivity contribution in [1.29, 1.82) is 0 Å². The zero-order valence-corrected chi connectivity index (χ0v) is 9.73. The fourth-order valence-electron chi connectivity index (χ4n) is 2.29. The first-order valence-corrected chi connectivity index (χ1v) is 6.30. The minimum absolute atomic E-state index is 0.184. The number of nitrogens with zero attached hydrogens (tertiary/aromatic N) is 1. The van der Waals surface area contributed by atoms with E-state index in [0.29, 0.717) is 6.10 Å². The van der Waals surface area contributed by atoms with Crippen molar-refractivity contribution in [3.8, 4) is 0 Å². The fourth-order valence-corrected chi connectivity index (χ4v) is 2.29. The Kier molecular flexibility index (Phi) is 4.18. The summed E-state index contributed by atoms with van der Waals surface area (Å²) >= 11 is 0. The van der Waals surface area contributed by atoms with E-state index in [2.05, 4.69) is 4.90 Å². The molecule has 92 valence electrons. The highest BCUT2D eigenvalue weighted by atomic mass is 16.5. The minimum Gasteiger partial charge on any atom is -0.480 e. The lowest BCUT2D eigenvalue weighted by molar-refractivity contribution is -0.138. The monoisotopic (exact) mass is 227 g/mol. The molecule has 0 spiro atoms. The number of aliphatic carboxylic acids is 1. The van der Waals surface area contributed by atoms with E-state index in [-0.39, 0.29) is 6.54 Å². The lowest BCUT2D eigenvalue weighted by Gasteiger charge is -2.21. The van der Waals surface area contributed by atoms with Gasteiger partial charge in [0, 0.05) is 19.7 Å². The van der Waals surface area contributed by atoms with Crippen molar-refractivity contribution in [2.45, 2.75) is 38.2 Å². The van der Waals surface area contributed by atoms with Crippen LogP contribution in [0.1, 0.15) is 32.1 Å². The Labute approximate surface area is 96.6 Å². The summed E-state index contributed by atoms with van der Waals surface area (Å²) in [7, 11) is 0. The lowest BCUT2D eigenvalue weighted by atomic mass is 10.1. The summed E-state index contributed by atoms with van der Waals surface area (Å²) in [6.07, 6.45) is 6.21. The van der Waals surface area contributed by atoms with Crippen molar-refractivity contribution < 1.29 is 14.6 Å². The van der Waals surface area contributed by atoms with Crippen LogP contribution in [0.5, 0.6) is 0 Å². The first-order valence-electron chi connectivity index (χ1n) is 6.30. The largest absolute Gasteiger partial charge is 0.480 e. The van der Waals surface area contributed by atoms with Crippen molar-refractivity contribution in [3.63, 3.8) is 0 Å². The van der Waals surface area contributed by atoms with E-state index >= 15 is 0 Å². The molecule has 0 aromatic rings. The number of hydrogen-bond donors (Lipinski definition) is 1. The Hall–Kier alpha value is -0.610. The van der Waals surface area contributed by atoms with Gasteiger partial charge in [-0.25, -0.2) is 0 Å². The molecular weight excluding hydrogens is 206 g/mol. The van der Waals surface area contributed by atoms with E-state index < -0.39 is 5.97 Å². The van der Waals surface area contributed by atoms with Gasteiger partial charge in [0.25, 0.3) is 0 Å². The van der Waals surface area contributed by atoms with Gasteiger partial charge in [-0.1, -0.05) is 0 Å². The van der Waals surface area contributed by atoms with Gasteiger partial charge < -0.3 is 9.84 Å². The van der Waals surface area contributed by atoms with Crippen molar-refractivity contribution in [2.24, 2.45) is 5.92 Å². The molecule has 1 heterocycles. The van der Waals surface area contributed by atoms with Gasteiger partial charge in [-0.15, -0.1) is 0 Å². The van der Waals surface area contributed by atoms with Gasteiger partial charge in [-0.05, 0) is 38.0 Å². The zero-order chi connectivity index (χ0) is 11.4.